The first-order valence-corrected chi connectivity index (χ1v) is 6.77. The van der Waals surface area contributed by atoms with Gasteiger partial charge in [-0.25, -0.2) is 0 Å². The van der Waals surface area contributed by atoms with E-state index in [1.54, 1.807) is 6.92 Å². The van der Waals surface area contributed by atoms with Crippen molar-refractivity contribution in [2.45, 2.75) is 25.9 Å². The summed E-state index contributed by atoms with van der Waals surface area (Å²) in [6.45, 7) is 1.72. The largest absolute Gasteiger partial charge is 0.389 e. The molecule has 0 radical (unpaired) electrons. The maximum absolute atomic E-state index is 11.8. The van der Waals surface area contributed by atoms with Crippen molar-refractivity contribution in [3.8, 4) is 0 Å². The van der Waals surface area contributed by atoms with Crippen LogP contribution >= 0.6 is 0 Å². The number of aliphatic hydroxyl groups is 1. The second-order valence-electron chi connectivity index (χ2n) is 4.83. The van der Waals surface area contributed by atoms with Gasteiger partial charge in [0.05, 0.1) is 6.10 Å². The van der Waals surface area contributed by atoms with Gasteiger partial charge >= 0.3 is 0 Å². The molecule has 1 amide bonds. The van der Waals surface area contributed by atoms with Gasteiger partial charge < -0.3 is 10.4 Å². The molecule has 20 heavy (non-hydrogen) atoms. The van der Waals surface area contributed by atoms with E-state index in [9.17, 15) is 9.90 Å². The molecule has 0 saturated carbocycles. The lowest BCUT2D eigenvalue weighted by molar-refractivity contribution is -0.116. The van der Waals surface area contributed by atoms with Crippen LogP contribution in [0.3, 0.4) is 0 Å². The Morgan fingerprint density at radius 3 is 2.35 bits per heavy atom. The number of hydrogen-bond acceptors (Lipinski definition) is 2. The molecule has 0 heterocycles. The van der Waals surface area contributed by atoms with Crippen molar-refractivity contribution >= 4 is 11.6 Å². The third kappa shape index (κ3) is 4.21. The summed E-state index contributed by atoms with van der Waals surface area (Å²) < 4.78 is 0. The van der Waals surface area contributed by atoms with Crippen molar-refractivity contribution in [3.05, 3.63) is 65.7 Å². The standard InChI is InChI=1S/C17H19NO2/c1-13(19)15-8-10-16(11-9-15)18-17(20)12-7-14-5-3-2-4-6-14/h2-6,8-11,13,19H,7,12H2,1H3,(H,18,20). The Balaban J connectivity index is 1.85. The summed E-state index contributed by atoms with van der Waals surface area (Å²) in [4.78, 5) is 11.8. The number of hydrogen-bond donors (Lipinski definition) is 2. The Morgan fingerprint density at radius 2 is 1.75 bits per heavy atom. The highest BCUT2D eigenvalue weighted by Crippen LogP contribution is 2.16. The number of benzene rings is 2. The van der Waals surface area contributed by atoms with Crippen LogP contribution in [0.25, 0.3) is 0 Å². The summed E-state index contributed by atoms with van der Waals surface area (Å²) in [6.07, 6.45) is 0.707. The minimum absolute atomic E-state index is 0.00125. The summed E-state index contributed by atoms with van der Waals surface area (Å²) in [5, 5.41) is 12.3. The Bertz CT molecular complexity index is 547. The van der Waals surface area contributed by atoms with Crippen LogP contribution in [-0.2, 0) is 11.2 Å². The fourth-order valence-corrected chi connectivity index (χ4v) is 1.97. The smallest absolute Gasteiger partial charge is 0.224 e. The van der Waals surface area contributed by atoms with Gasteiger partial charge in [-0.15, -0.1) is 0 Å². The molecular weight excluding hydrogens is 250 g/mol. The summed E-state index contributed by atoms with van der Waals surface area (Å²) in [6, 6.07) is 17.2. The molecule has 2 aromatic rings. The van der Waals surface area contributed by atoms with Crippen molar-refractivity contribution in [2.24, 2.45) is 0 Å². The molecule has 2 rings (SSSR count). The van der Waals surface area contributed by atoms with E-state index in [1.165, 1.54) is 0 Å². The lowest BCUT2D eigenvalue weighted by atomic mass is 10.1. The van der Waals surface area contributed by atoms with Crippen LogP contribution in [0.1, 0.15) is 30.6 Å². The summed E-state index contributed by atoms with van der Waals surface area (Å²) >= 11 is 0. The summed E-state index contributed by atoms with van der Waals surface area (Å²) in [5.41, 5.74) is 2.76. The fourth-order valence-electron chi connectivity index (χ4n) is 1.97. The van der Waals surface area contributed by atoms with Gasteiger partial charge in [-0.2, -0.15) is 0 Å². The van der Waals surface area contributed by atoms with Gasteiger partial charge in [-0.3, -0.25) is 4.79 Å². The Labute approximate surface area is 119 Å². The van der Waals surface area contributed by atoms with Gasteiger partial charge in [0.15, 0.2) is 0 Å². The van der Waals surface area contributed by atoms with E-state index >= 15 is 0 Å². The number of carbonyl (C=O) groups is 1. The van der Waals surface area contributed by atoms with Gasteiger partial charge in [-0.1, -0.05) is 42.5 Å². The van der Waals surface area contributed by atoms with E-state index in [0.29, 0.717) is 6.42 Å². The molecule has 2 N–H and O–H groups in total. The second kappa shape index (κ2) is 6.87. The highest BCUT2D eigenvalue weighted by atomic mass is 16.3. The van der Waals surface area contributed by atoms with Crippen LogP contribution in [0.15, 0.2) is 54.6 Å². The molecule has 0 fully saturated rings. The summed E-state index contributed by atoms with van der Waals surface area (Å²) in [7, 11) is 0. The molecule has 1 unspecified atom stereocenters. The van der Waals surface area contributed by atoms with Gasteiger partial charge in [-0.05, 0) is 36.6 Å². The fraction of sp³-hybridized carbons (Fsp3) is 0.235. The van der Waals surface area contributed by atoms with E-state index in [4.69, 9.17) is 0 Å². The molecule has 0 spiro atoms. The number of nitrogens with one attached hydrogen (secondary N) is 1. The molecule has 1 atom stereocenters. The number of rotatable bonds is 5. The zero-order valence-corrected chi connectivity index (χ0v) is 11.5. The molecule has 3 heteroatoms. The molecule has 0 aliphatic rings. The van der Waals surface area contributed by atoms with Crippen molar-refractivity contribution in [1.29, 1.82) is 0 Å². The predicted molar refractivity (Wildman–Crippen MR) is 80.5 cm³/mol. The first kappa shape index (κ1) is 14.3. The molecule has 0 aliphatic carbocycles. The molecule has 0 saturated heterocycles. The number of aliphatic hydroxyl groups excluding tert-OH is 1. The Morgan fingerprint density at radius 1 is 1.10 bits per heavy atom. The quantitative estimate of drug-likeness (QED) is 0.875. The van der Waals surface area contributed by atoms with Gasteiger partial charge in [0.2, 0.25) is 5.91 Å². The molecule has 0 aromatic heterocycles. The minimum atomic E-state index is -0.488. The normalized spacial score (nSPS) is 11.9. The van der Waals surface area contributed by atoms with Crippen LogP contribution in [0.5, 0.6) is 0 Å². The van der Waals surface area contributed by atoms with Crippen LogP contribution in [0.4, 0.5) is 5.69 Å². The number of aryl methyl sites for hydroxylation is 1. The second-order valence-corrected chi connectivity index (χ2v) is 4.83. The Kier molecular flexibility index (Phi) is 4.91. The van der Waals surface area contributed by atoms with Crippen molar-refractivity contribution in [1.82, 2.24) is 0 Å². The average molecular weight is 269 g/mol. The molecule has 0 bridgehead atoms. The van der Waals surface area contributed by atoms with Crippen LogP contribution in [0.2, 0.25) is 0 Å². The molecule has 3 nitrogen and oxygen atoms in total. The van der Waals surface area contributed by atoms with E-state index in [1.807, 2.05) is 54.6 Å². The molecular formula is C17H19NO2. The van der Waals surface area contributed by atoms with Crippen molar-refractivity contribution in [3.63, 3.8) is 0 Å². The highest BCUT2D eigenvalue weighted by molar-refractivity contribution is 5.90. The average Bonchev–Trinajstić information content (AvgIpc) is 2.47. The van der Waals surface area contributed by atoms with Crippen LogP contribution in [0, 0.1) is 0 Å². The minimum Gasteiger partial charge on any atom is -0.389 e. The lowest BCUT2D eigenvalue weighted by Crippen LogP contribution is -2.12. The predicted octanol–water partition coefficient (Wildman–Crippen LogP) is 3.31. The van der Waals surface area contributed by atoms with Gasteiger partial charge in [0.25, 0.3) is 0 Å². The third-order valence-corrected chi connectivity index (χ3v) is 3.16. The van der Waals surface area contributed by atoms with E-state index in [0.717, 1.165) is 23.2 Å². The summed E-state index contributed by atoms with van der Waals surface area (Å²) in [5.74, 6) is -0.00125. The first-order chi connectivity index (χ1) is 9.65. The number of anilines is 1. The van der Waals surface area contributed by atoms with Gasteiger partial charge in [0.1, 0.15) is 0 Å². The molecule has 0 aliphatic heterocycles. The number of carbonyl (C=O) groups excluding carboxylic acids is 1. The Hall–Kier alpha value is -2.13. The number of amides is 1. The topological polar surface area (TPSA) is 49.3 Å². The SMILES string of the molecule is CC(O)c1ccc(NC(=O)CCc2ccccc2)cc1. The maximum atomic E-state index is 11.8. The lowest BCUT2D eigenvalue weighted by Gasteiger charge is -2.08. The zero-order chi connectivity index (χ0) is 14.4. The van der Waals surface area contributed by atoms with Crippen molar-refractivity contribution < 1.29 is 9.90 Å². The van der Waals surface area contributed by atoms with Gasteiger partial charge in [0, 0.05) is 12.1 Å². The molecule has 104 valence electrons. The van der Waals surface area contributed by atoms with E-state index in [2.05, 4.69) is 5.32 Å². The molecule has 2 aromatic carbocycles. The van der Waals surface area contributed by atoms with E-state index < -0.39 is 6.10 Å². The third-order valence-electron chi connectivity index (χ3n) is 3.16. The van der Waals surface area contributed by atoms with E-state index in [-0.39, 0.29) is 5.91 Å². The van der Waals surface area contributed by atoms with Crippen LogP contribution < -0.4 is 5.32 Å². The highest BCUT2D eigenvalue weighted by Gasteiger charge is 2.04. The zero-order valence-electron chi connectivity index (χ0n) is 11.5. The monoisotopic (exact) mass is 269 g/mol. The first-order valence-electron chi connectivity index (χ1n) is 6.77. The van der Waals surface area contributed by atoms with Crippen LogP contribution in [-0.4, -0.2) is 11.0 Å². The maximum Gasteiger partial charge on any atom is 0.224 e. The van der Waals surface area contributed by atoms with Crippen molar-refractivity contribution in [2.75, 3.05) is 5.32 Å².